The predicted octanol–water partition coefficient (Wildman–Crippen LogP) is 2.57. The minimum absolute atomic E-state index is 0.119. The number of halogens is 1. The summed E-state index contributed by atoms with van der Waals surface area (Å²) in [6.07, 6.45) is 1.96. The monoisotopic (exact) mass is 339 g/mol. The molecule has 0 saturated carbocycles. The van der Waals surface area contributed by atoms with Gasteiger partial charge in [0.2, 0.25) is 5.91 Å². The number of hydrogen-bond donors (Lipinski definition) is 0. The second-order valence-corrected chi connectivity index (χ2v) is 7.01. The lowest BCUT2D eigenvalue weighted by Gasteiger charge is -2.16. The number of amides is 1. The first-order chi connectivity index (χ1) is 11.0. The highest BCUT2D eigenvalue weighted by Gasteiger charge is 2.26. The molecule has 1 saturated heterocycles. The number of ether oxygens (including phenoxy) is 1. The maximum Gasteiger partial charge on any atom is 0.315 e. The van der Waals surface area contributed by atoms with Crippen molar-refractivity contribution in [3.05, 3.63) is 35.1 Å². The van der Waals surface area contributed by atoms with E-state index in [4.69, 9.17) is 0 Å². The number of thioether (sulfide) groups is 1. The predicted molar refractivity (Wildman–Crippen MR) is 88.9 cm³/mol. The second-order valence-electron chi connectivity index (χ2n) is 5.72. The van der Waals surface area contributed by atoms with Crippen molar-refractivity contribution in [1.29, 1.82) is 0 Å². The molecule has 6 heteroatoms. The summed E-state index contributed by atoms with van der Waals surface area (Å²) < 4.78 is 17.9. The summed E-state index contributed by atoms with van der Waals surface area (Å²) in [5, 5.41) is 0.297. The number of carbonyl (C=O) groups excluding carboxylic acids is 2. The minimum atomic E-state index is -0.230. The Hall–Kier alpha value is -1.56. The highest BCUT2D eigenvalue weighted by atomic mass is 32.2. The Morgan fingerprint density at radius 3 is 2.91 bits per heavy atom. The number of benzene rings is 1. The normalized spacial score (nSPS) is 17.3. The van der Waals surface area contributed by atoms with E-state index in [-0.39, 0.29) is 17.7 Å². The van der Waals surface area contributed by atoms with E-state index in [1.807, 2.05) is 4.90 Å². The Morgan fingerprint density at radius 2 is 2.22 bits per heavy atom. The van der Waals surface area contributed by atoms with Crippen molar-refractivity contribution < 1.29 is 18.7 Å². The third kappa shape index (κ3) is 5.23. The lowest BCUT2D eigenvalue weighted by atomic mass is 10.1. The molecule has 1 heterocycles. The van der Waals surface area contributed by atoms with Crippen LogP contribution in [0.3, 0.4) is 0 Å². The fraction of sp³-hybridized carbons (Fsp3) is 0.529. The van der Waals surface area contributed by atoms with E-state index < -0.39 is 0 Å². The van der Waals surface area contributed by atoms with Gasteiger partial charge in [0.15, 0.2) is 0 Å². The van der Waals surface area contributed by atoms with Crippen molar-refractivity contribution in [3.63, 3.8) is 0 Å². The summed E-state index contributed by atoms with van der Waals surface area (Å²) in [4.78, 5) is 25.3. The second kappa shape index (κ2) is 8.34. The molecule has 1 fully saturated rings. The zero-order valence-corrected chi connectivity index (χ0v) is 14.3. The first-order valence-electron chi connectivity index (χ1n) is 7.71. The SMILES string of the molecule is COC(=O)CSC1CCN(C(=O)CCc2ccc(F)c(C)c2)C1. The van der Waals surface area contributed by atoms with Crippen molar-refractivity contribution >= 4 is 23.6 Å². The quantitative estimate of drug-likeness (QED) is 0.748. The number of methoxy groups -OCH3 is 1. The van der Waals surface area contributed by atoms with Gasteiger partial charge in [0.1, 0.15) is 5.82 Å². The maximum absolute atomic E-state index is 13.2. The Balaban J connectivity index is 1.76. The summed E-state index contributed by atoms with van der Waals surface area (Å²) in [5.41, 5.74) is 1.59. The Labute approximate surface area is 140 Å². The zero-order valence-electron chi connectivity index (χ0n) is 13.5. The number of rotatable bonds is 6. The molecule has 1 aromatic carbocycles. The van der Waals surface area contributed by atoms with Crippen LogP contribution in [-0.2, 0) is 20.7 Å². The Kier molecular flexibility index (Phi) is 6.45. The highest BCUT2D eigenvalue weighted by Crippen LogP contribution is 2.23. The van der Waals surface area contributed by atoms with Crippen molar-refractivity contribution in [3.8, 4) is 0 Å². The highest BCUT2D eigenvalue weighted by molar-refractivity contribution is 8.00. The first kappa shape index (κ1) is 17.8. The van der Waals surface area contributed by atoms with E-state index >= 15 is 0 Å². The first-order valence-corrected chi connectivity index (χ1v) is 8.75. The molecule has 126 valence electrons. The van der Waals surface area contributed by atoms with Crippen LogP contribution in [0.25, 0.3) is 0 Å². The number of hydrogen-bond acceptors (Lipinski definition) is 4. The standard InChI is InChI=1S/C17H22FNO3S/c1-12-9-13(3-5-15(12)18)4-6-16(20)19-8-7-14(10-19)23-11-17(21)22-2/h3,5,9,14H,4,6-8,10-11H2,1-2H3. The number of esters is 1. The average Bonchev–Trinajstić information content (AvgIpc) is 3.02. The number of carbonyl (C=O) groups is 2. The van der Waals surface area contributed by atoms with E-state index in [2.05, 4.69) is 4.74 Å². The van der Waals surface area contributed by atoms with Gasteiger partial charge in [0.25, 0.3) is 0 Å². The molecule has 1 aliphatic heterocycles. The van der Waals surface area contributed by atoms with Gasteiger partial charge in [-0.25, -0.2) is 4.39 Å². The maximum atomic E-state index is 13.2. The summed E-state index contributed by atoms with van der Waals surface area (Å²) in [6.45, 7) is 3.15. The molecule has 0 N–H and O–H groups in total. The molecule has 1 amide bonds. The van der Waals surface area contributed by atoms with Crippen LogP contribution >= 0.6 is 11.8 Å². The van der Waals surface area contributed by atoms with Crippen LogP contribution in [0.5, 0.6) is 0 Å². The van der Waals surface area contributed by atoms with Crippen LogP contribution in [0.2, 0.25) is 0 Å². The van der Waals surface area contributed by atoms with Gasteiger partial charge < -0.3 is 9.64 Å². The molecule has 4 nitrogen and oxygen atoms in total. The van der Waals surface area contributed by atoms with Crippen molar-refractivity contribution in [2.45, 2.75) is 31.4 Å². The lowest BCUT2D eigenvalue weighted by molar-refractivity contribution is -0.137. The molecule has 0 aliphatic carbocycles. The Morgan fingerprint density at radius 1 is 1.43 bits per heavy atom. The fourth-order valence-electron chi connectivity index (χ4n) is 2.61. The van der Waals surface area contributed by atoms with Crippen molar-refractivity contribution in [1.82, 2.24) is 4.90 Å². The summed E-state index contributed by atoms with van der Waals surface area (Å²) >= 11 is 1.55. The molecule has 0 spiro atoms. The fourth-order valence-corrected chi connectivity index (χ4v) is 3.65. The van der Waals surface area contributed by atoms with Crippen LogP contribution in [0, 0.1) is 12.7 Å². The molecular weight excluding hydrogens is 317 g/mol. The summed E-state index contributed by atoms with van der Waals surface area (Å²) in [5.74, 6) is 0.00242. The van der Waals surface area contributed by atoms with Gasteiger partial charge in [0.05, 0.1) is 12.9 Å². The third-order valence-electron chi connectivity index (χ3n) is 4.01. The van der Waals surface area contributed by atoms with Gasteiger partial charge in [-0.15, -0.1) is 11.8 Å². The molecule has 1 unspecified atom stereocenters. The summed E-state index contributed by atoms with van der Waals surface area (Å²) in [6, 6.07) is 4.97. The van der Waals surface area contributed by atoms with Gasteiger partial charge in [-0.2, -0.15) is 0 Å². The molecule has 0 bridgehead atoms. The molecule has 1 atom stereocenters. The van der Waals surface area contributed by atoms with Crippen LogP contribution in [0.15, 0.2) is 18.2 Å². The molecule has 1 aliphatic rings. The smallest absolute Gasteiger partial charge is 0.315 e. The molecule has 2 rings (SSSR count). The van der Waals surface area contributed by atoms with E-state index in [9.17, 15) is 14.0 Å². The van der Waals surface area contributed by atoms with E-state index in [0.29, 0.717) is 36.0 Å². The third-order valence-corrected chi connectivity index (χ3v) is 5.27. The molecule has 0 aromatic heterocycles. The molecular formula is C17H22FNO3S. The molecule has 1 aromatic rings. The van der Waals surface area contributed by atoms with Crippen molar-refractivity contribution in [2.75, 3.05) is 26.0 Å². The number of likely N-dealkylation sites (tertiary alicyclic amines) is 1. The van der Waals surface area contributed by atoms with Gasteiger partial charge in [0, 0.05) is 24.8 Å². The number of aryl methyl sites for hydroxylation is 2. The minimum Gasteiger partial charge on any atom is -0.468 e. The average molecular weight is 339 g/mol. The van der Waals surface area contributed by atoms with Crippen LogP contribution in [0.1, 0.15) is 24.0 Å². The summed E-state index contributed by atoms with van der Waals surface area (Å²) in [7, 11) is 1.38. The Bertz CT molecular complexity index is 579. The van der Waals surface area contributed by atoms with Crippen LogP contribution in [0.4, 0.5) is 4.39 Å². The number of nitrogens with zero attached hydrogens (tertiary/aromatic N) is 1. The van der Waals surface area contributed by atoms with Gasteiger partial charge in [-0.3, -0.25) is 9.59 Å². The lowest BCUT2D eigenvalue weighted by Crippen LogP contribution is -2.29. The topological polar surface area (TPSA) is 46.6 Å². The van der Waals surface area contributed by atoms with Crippen LogP contribution < -0.4 is 0 Å². The van der Waals surface area contributed by atoms with Gasteiger partial charge in [-0.05, 0) is 37.0 Å². The van der Waals surface area contributed by atoms with E-state index in [1.165, 1.54) is 13.2 Å². The van der Waals surface area contributed by atoms with E-state index in [1.54, 1.807) is 30.8 Å². The largest absolute Gasteiger partial charge is 0.468 e. The van der Waals surface area contributed by atoms with Crippen molar-refractivity contribution in [2.24, 2.45) is 0 Å². The molecule has 0 radical (unpaired) electrons. The van der Waals surface area contributed by atoms with Gasteiger partial charge >= 0.3 is 5.97 Å². The zero-order chi connectivity index (χ0) is 16.8. The van der Waals surface area contributed by atoms with E-state index in [0.717, 1.165) is 18.5 Å². The van der Waals surface area contributed by atoms with Crippen LogP contribution in [-0.4, -0.2) is 48.0 Å². The molecule has 23 heavy (non-hydrogen) atoms. The van der Waals surface area contributed by atoms with Gasteiger partial charge in [-0.1, -0.05) is 12.1 Å².